The number of rotatable bonds is 26. The summed E-state index contributed by atoms with van der Waals surface area (Å²) in [5.74, 6) is -6.98. The summed E-state index contributed by atoms with van der Waals surface area (Å²) >= 11 is 0. The van der Waals surface area contributed by atoms with Crippen LogP contribution in [0.3, 0.4) is 0 Å². The molecule has 2 rings (SSSR count). The van der Waals surface area contributed by atoms with Crippen LogP contribution in [0, 0.1) is 11.8 Å². The molecule has 1 aromatic carbocycles. The lowest BCUT2D eigenvalue weighted by Gasteiger charge is -2.28. The van der Waals surface area contributed by atoms with E-state index in [1.54, 1.807) is 30.3 Å². The van der Waals surface area contributed by atoms with Crippen LogP contribution in [-0.4, -0.2) is 145 Å². The number of carbonyl (C=O) groups excluding carboxylic acids is 9. The number of carbonyl (C=O) groups is 9. The van der Waals surface area contributed by atoms with Gasteiger partial charge < -0.3 is 75.9 Å². The Kier molecular flexibility index (Phi) is 31.6. The summed E-state index contributed by atoms with van der Waals surface area (Å²) in [6.07, 6.45) is 3.98. The number of nitrogens with two attached hydrogens (primary N) is 4. The first-order valence-corrected chi connectivity index (χ1v) is 27.0. The maximum atomic E-state index is 14.5. The van der Waals surface area contributed by atoms with Gasteiger partial charge in [0.2, 0.25) is 53.2 Å². The minimum absolute atomic E-state index is 0.0113. The van der Waals surface area contributed by atoms with Gasteiger partial charge in [0.05, 0.1) is 12.5 Å². The Balaban J connectivity index is 2.71. The highest BCUT2D eigenvalue weighted by atomic mass is 16.3. The van der Waals surface area contributed by atoms with E-state index in [0.29, 0.717) is 12.0 Å². The Morgan fingerprint density at radius 1 is 0.587 bits per heavy atom. The molecule has 0 radical (unpaired) electrons. The normalized spacial score (nSPS) is 22.9. The predicted octanol–water partition coefficient (Wildman–Crippen LogP) is -1.38. The molecule has 18 N–H and O–H groups in total. The van der Waals surface area contributed by atoms with E-state index >= 15 is 0 Å². The fourth-order valence-corrected chi connectivity index (χ4v) is 8.55. The maximum Gasteiger partial charge on any atom is 0.243 e. The molecule has 1 heterocycles. The van der Waals surface area contributed by atoms with Crippen LogP contribution in [-0.2, 0) is 49.6 Å². The number of benzene rings is 1. The zero-order valence-electron chi connectivity index (χ0n) is 45.0. The van der Waals surface area contributed by atoms with E-state index in [0.717, 1.165) is 32.1 Å². The molecule has 0 aliphatic carbocycles. The molecule has 1 fully saturated rings. The Bertz CT molecular complexity index is 1940. The van der Waals surface area contributed by atoms with Gasteiger partial charge in [0.25, 0.3) is 0 Å². The third kappa shape index (κ3) is 25.6. The summed E-state index contributed by atoms with van der Waals surface area (Å²) in [6.45, 7) is 9.16. The summed E-state index contributed by atoms with van der Waals surface area (Å²) in [5.41, 5.74) is 24.2. The Morgan fingerprint density at radius 2 is 1.08 bits per heavy atom. The molecule has 75 heavy (non-hydrogen) atoms. The lowest BCUT2D eigenvalue weighted by atomic mass is 10.00. The molecule has 424 valence electrons. The van der Waals surface area contributed by atoms with Crippen LogP contribution in [0.4, 0.5) is 0 Å². The molecule has 0 aromatic heterocycles. The van der Waals surface area contributed by atoms with Crippen molar-refractivity contribution in [2.24, 2.45) is 34.8 Å². The topological polar surface area (TPSA) is 386 Å². The number of aliphatic hydroxyl groups is 1. The second kappa shape index (κ2) is 36.3. The SMILES string of the molecule is CCCCCCC[C@@H](O)CC(=O)N[C@H](CCN)C(=O)N[C@H]1CCNC(=O)[C@H](CC(C)C)NC(=O)[C@H](CCN)NC(=O)[C@H](CCN)NC(=O)[C@H](CC(C)C)NC(=O)[C@@H](Cc2ccccc2)NC(=O)[C@H](CCCN)NC1=O. The fourth-order valence-electron chi connectivity index (χ4n) is 8.55. The quantitative estimate of drug-likeness (QED) is 0.0476. The van der Waals surface area contributed by atoms with E-state index in [9.17, 15) is 48.3 Å². The van der Waals surface area contributed by atoms with Crippen molar-refractivity contribution in [1.82, 2.24) is 47.9 Å². The van der Waals surface area contributed by atoms with Crippen LogP contribution in [0.15, 0.2) is 30.3 Å². The number of unbranched alkanes of at least 4 members (excludes halogenated alkanes) is 4. The van der Waals surface area contributed by atoms with Gasteiger partial charge in [-0.05, 0) is 101 Å². The number of hydrogen-bond donors (Lipinski definition) is 14. The van der Waals surface area contributed by atoms with Gasteiger partial charge in [0.15, 0.2) is 0 Å². The lowest BCUT2D eigenvalue weighted by molar-refractivity contribution is -0.136. The second-order valence-corrected chi connectivity index (χ2v) is 20.3. The molecule has 1 aromatic rings. The van der Waals surface area contributed by atoms with Crippen LogP contribution in [0.2, 0.25) is 0 Å². The van der Waals surface area contributed by atoms with E-state index in [1.165, 1.54) is 0 Å². The van der Waals surface area contributed by atoms with E-state index in [2.05, 4.69) is 54.8 Å². The van der Waals surface area contributed by atoms with Crippen LogP contribution in [0.25, 0.3) is 0 Å². The average Bonchev–Trinajstić information content (AvgIpc) is 3.35. The molecule has 1 aliphatic rings. The first kappa shape index (κ1) is 65.4. The predicted molar refractivity (Wildman–Crippen MR) is 285 cm³/mol. The third-order valence-electron chi connectivity index (χ3n) is 12.6. The molecule has 0 unspecified atom stereocenters. The highest BCUT2D eigenvalue weighted by molar-refractivity contribution is 5.98. The molecule has 0 bridgehead atoms. The first-order valence-electron chi connectivity index (χ1n) is 27.0. The van der Waals surface area contributed by atoms with Crippen molar-refractivity contribution in [3.63, 3.8) is 0 Å². The zero-order valence-corrected chi connectivity index (χ0v) is 45.0. The Labute approximate surface area is 443 Å². The van der Waals surface area contributed by atoms with Crippen molar-refractivity contribution in [2.75, 3.05) is 32.7 Å². The molecule has 1 aliphatic heterocycles. The van der Waals surface area contributed by atoms with Gasteiger partial charge in [-0.25, -0.2) is 0 Å². The van der Waals surface area contributed by atoms with Crippen molar-refractivity contribution < 1.29 is 48.3 Å². The van der Waals surface area contributed by atoms with Crippen molar-refractivity contribution in [3.05, 3.63) is 35.9 Å². The van der Waals surface area contributed by atoms with Crippen LogP contribution >= 0.6 is 0 Å². The first-order chi connectivity index (χ1) is 35.8. The van der Waals surface area contributed by atoms with Crippen LogP contribution < -0.4 is 70.8 Å². The molecule has 23 heteroatoms. The Hall–Kier alpha value is -5.75. The van der Waals surface area contributed by atoms with Crippen molar-refractivity contribution in [3.8, 4) is 0 Å². The largest absolute Gasteiger partial charge is 0.393 e. The summed E-state index contributed by atoms with van der Waals surface area (Å²) in [6, 6.07) is -1.46. The van der Waals surface area contributed by atoms with Gasteiger partial charge >= 0.3 is 0 Å². The van der Waals surface area contributed by atoms with E-state index in [4.69, 9.17) is 22.9 Å². The summed E-state index contributed by atoms with van der Waals surface area (Å²) < 4.78 is 0. The summed E-state index contributed by atoms with van der Waals surface area (Å²) in [7, 11) is 0. The molecular weight excluding hydrogens is 967 g/mol. The number of hydrogen-bond acceptors (Lipinski definition) is 14. The van der Waals surface area contributed by atoms with Crippen molar-refractivity contribution in [2.45, 2.75) is 192 Å². The van der Waals surface area contributed by atoms with E-state index < -0.39 is 108 Å². The highest BCUT2D eigenvalue weighted by Crippen LogP contribution is 2.13. The minimum Gasteiger partial charge on any atom is -0.393 e. The number of aliphatic hydroxyl groups excluding tert-OH is 1. The minimum atomic E-state index is -1.46. The van der Waals surface area contributed by atoms with E-state index in [-0.39, 0.29) is 109 Å². The van der Waals surface area contributed by atoms with Crippen molar-refractivity contribution in [1.29, 1.82) is 0 Å². The standard InChI is InChI=1S/C52H91N13O10/c1-6-7-8-9-13-17-35(66)31-44(67)58-37(19-24-54)47(70)62-40-22-27-57-45(68)41(28-32(2)3)63-49(72)39(21-26-56)60-48(71)38(20-25-55)61-51(74)42(29-33(4)5)64-52(75)43(30-34-15-11-10-12-16-34)65-46(69)36(18-14-23-53)59-50(40)73/h10-12,15-16,32-33,35-43,66H,6-9,13-14,17-31,53-56H2,1-5H3,(H,57,68)(H,58,67)(H,59,73)(H,60,71)(H,61,74)(H,62,70)(H,63,72)(H,64,75)(H,65,69)/t35-,36+,37-,38+,39+,40+,41+,42+,43-/m1/s1. The molecule has 0 saturated carbocycles. The Morgan fingerprint density at radius 3 is 1.61 bits per heavy atom. The number of nitrogens with one attached hydrogen (secondary N) is 9. The van der Waals surface area contributed by atoms with Gasteiger partial charge in [0, 0.05) is 13.0 Å². The molecule has 9 atom stereocenters. The highest BCUT2D eigenvalue weighted by Gasteiger charge is 2.35. The van der Waals surface area contributed by atoms with Gasteiger partial charge in [-0.3, -0.25) is 43.2 Å². The van der Waals surface area contributed by atoms with Gasteiger partial charge in [-0.2, -0.15) is 0 Å². The maximum absolute atomic E-state index is 14.5. The molecule has 0 spiro atoms. The second-order valence-electron chi connectivity index (χ2n) is 20.3. The number of amides is 9. The zero-order chi connectivity index (χ0) is 55.9. The third-order valence-corrected chi connectivity index (χ3v) is 12.6. The van der Waals surface area contributed by atoms with Crippen LogP contribution in [0.1, 0.15) is 136 Å². The molecule has 9 amide bonds. The van der Waals surface area contributed by atoms with Crippen LogP contribution in [0.5, 0.6) is 0 Å². The molecule has 23 nitrogen and oxygen atoms in total. The fraction of sp³-hybridized carbons (Fsp3) is 0.712. The average molecular weight is 1060 g/mol. The van der Waals surface area contributed by atoms with Gasteiger partial charge in [-0.15, -0.1) is 0 Å². The van der Waals surface area contributed by atoms with Gasteiger partial charge in [-0.1, -0.05) is 97.1 Å². The molecular formula is C52H91N13O10. The summed E-state index contributed by atoms with van der Waals surface area (Å²) in [4.78, 5) is 126. The van der Waals surface area contributed by atoms with E-state index in [1.807, 2.05) is 27.7 Å². The van der Waals surface area contributed by atoms with Crippen molar-refractivity contribution >= 4 is 53.2 Å². The van der Waals surface area contributed by atoms with Gasteiger partial charge in [0.1, 0.15) is 48.3 Å². The smallest absolute Gasteiger partial charge is 0.243 e. The summed E-state index contributed by atoms with van der Waals surface area (Å²) in [5, 5.41) is 34.9. The molecule has 1 saturated heterocycles. The monoisotopic (exact) mass is 1060 g/mol. The lowest BCUT2D eigenvalue weighted by Crippen LogP contribution is -2.60.